The van der Waals surface area contributed by atoms with Crippen LogP contribution in [0.25, 0.3) is 10.2 Å². The molecule has 122 valence electrons. The molecule has 0 aliphatic rings. The Kier molecular flexibility index (Phi) is 4.47. The molecule has 1 atom stereocenters. The Balaban J connectivity index is 2.79. The number of benzene rings is 1. The van der Waals surface area contributed by atoms with Gasteiger partial charge >= 0.3 is 0 Å². The summed E-state index contributed by atoms with van der Waals surface area (Å²) >= 11 is 1.89. The number of aromatic nitrogens is 1. The molecular formula is C20H31NS. The molecule has 0 aliphatic carbocycles. The number of rotatable bonds is 2. The molecule has 1 aromatic heterocycles. The van der Waals surface area contributed by atoms with Gasteiger partial charge in [-0.1, -0.05) is 74.4 Å². The van der Waals surface area contributed by atoms with Crippen LogP contribution in [0, 0.1) is 5.92 Å². The molecule has 2 rings (SSSR count). The first-order chi connectivity index (χ1) is 9.93. The Morgan fingerprint density at radius 2 is 1.50 bits per heavy atom. The smallest absolute Gasteiger partial charge is 0.0992 e. The summed E-state index contributed by atoms with van der Waals surface area (Å²) in [6.07, 6.45) is 0. The minimum absolute atomic E-state index is 0.108. The van der Waals surface area contributed by atoms with E-state index in [9.17, 15) is 0 Å². The van der Waals surface area contributed by atoms with Crippen LogP contribution in [0.1, 0.15) is 84.4 Å². The van der Waals surface area contributed by atoms with Gasteiger partial charge < -0.3 is 0 Å². The third-order valence-electron chi connectivity index (χ3n) is 4.51. The number of nitrogens with zero attached hydrogens (tertiary/aromatic N) is 1. The third kappa shape index (κ3) is 3.22. The molecule has 0 saturated carbocycles. The van der Waals surface area contributed by atoms with Gasteiger partial charge in [-0.3, -0.25) is 0 Å². The molecule has 2 aromatic rings. The zero-order valence-corrected chi connectivity index (χ0v) is 16.5. The Labute approximate surface area is 140 Å². The Morgan fingerprint density at radius 1 is 0.909 bits per heavy atom. The molecule has 0 aliphatic heterocycles. The van der Waals surface area contributed by atoms with Gasteiger partial charge in [-0.05, 0) is 28.4 Å². The average molecular weight is 318 g/mol. The van der Waals surface area contributed by atoms with Crippen molar-refractivity contribution < 1.29 is 0 Å². The average Bonchev–Trinajstić information content (AvgIpc) is 2.79. The molecule has 0 spiro atoms. The maximum absolute atomic E-state index is 5.08. The van der Waals surface area contributed by atoms with Gasteiger partial charge in [-0.2, -0.15) is 0 Å². The van der Waals surface area contributed by atoms with Crippen LogP contribution in [0.15, 0.2) is 12.1 Å². The van der Waals surface area contributed by atoms with Crippen molar-refractivity contribution in [2.45, 2.75) is 79.1 Å². The maximum atomic E-state index is 5.08. The summed E-state index contributed by atoms with van der Waals surface area (Å²) in [5.74, 6) is 1.16. The molecule has 0 amide bonds. The summed E-state index contributed by atoms with van der Waals surface area (Å²) in [5, 5.41) is 1.25. The Bertz CT molecular complexity index is 665. The van der Waals surface area contributed by atoms with Crippen molar-refractivity contribution in [3.05, 3.63) is 28.3 Å². The normalized spacial score (nSPS) is 14.8. The number of fused-ring (bicyclic) bond motifs is 1. The van der Waals surface area contributed by atoms with Crippen molar-refractivity contribution in [1.82, 2.24) is 4.98 Å². The fourth-order valence-electron chi connectivity index (χ4n) is 2.66. The van der Waals surface area contributed by atoms with Crippen LogP contribution in [0.4, 0.5) is 0 Å². The lowest BCUT2D eigenvalue weighted by molar-refractivity contribution is 0.536. The molecule has 2 heteroatoms. The van der Waals surface area contributed by atoms with Crippen LogP contribution < -0.4 is 0 Å². The highest BCUT2D eigenvalue weighted by atomic mass is 32.1. The second-order valence-corrected chi connectivity index (χ2v) is 9.93. The monoisotopic (exact) mass is 317 g/mol. The van der Waals surface area contributed by atoms with Crippen molar-refractivity contribution in [2.24, 2.45) is 5.92 Å². The van der Waals surface area contributed by atoms with E-state index in [2.05, 4.69) is 74.4 Å². The topological polar surface area (TPSA) is 12.9 Å². The van der Waals surface area contributed by atoms with Gasteiger partial charge in [0.2, 0.25) is 0 Å². The van der Waals surface area contributed by atoms with E-state index in [0.717, 1.165) is 0 Å². The first-order valence-corrected chi connectivity index (χ1v) is 9.19. The largest absolute Gasteiger partial charge is 0.240 e. The van der Waals surface area contributed by atoms with Gasteiger partial charge in [0.05, 0.1) is 15.2 Å². The van der Waals surface area contributed by atoms with Gasteiger partial charge in [0.15, 0.2) is 0 Å². The van der Waals surface area contributed by atoms with Crippen LogP contribution in [-0.2, 0) is 10.8 Å². The zero-order valence-electron chi connectivity index (χ0n) is 15.7. The summed E-state index contributed by atoms with van der Waals surface area (Å²) in [5.41, 5.74) is 4.33. The highest BCUT2D eigenvalue weighted by molar-refractivity contribution is 7.19. The van der Waals surface area contributed by atoms with Crippen molar-refractivity contribution in [2.75, 3.05) is 0 Å². The van der Waals surface area contributed by atoms with Crippen LogP contribution in [-0.4, -0.2) is 4.98 Å². The van der Waals surface area contributed by atoms with Gasteiger partial charge in [0.25, 0.3) is 0 Å². The van der Waals surface area contributed by atoms with Crippen LogP contribution >= 0.6 is 11.3 Å². The molecule has 1 aromatic carbocycles. The predicted octanol–water partition coefficient (Wildman–Crippen LogP) is 6.65. The first-order valence-electron chi connectivity index (χ1n) is 8.37. The molecular weight excluding hydrogens is 286 g/mol. The minimum atomic E-state index is 0.108. The lowest BCUT2D eigenvalue weighted by Gasteiger charge is -2.22. The van der Waals surface area contributed by atoms with E-state index in [1.165, 1.54) is 26.4 Å². The van der Waals surface area contributed by atoms with Crippen LogP contribution in [0.2, 0.25) is 0 Å². The summed E-state index contributed by atoms with van der Waals surface area (Å²) in [6.45, 7) is 20.6. The minimum Gasteiger partial charge on any atom is -0.240 e. The number of hydrogen-bond acceptors (Lipinski definition) is 2. The van der Waals surface area contributed by atoms with E-state index in [-0.39, 0.29) is 10.8 Å². The summed E-state index contributed by atoms with van der Waals surface area (Å²) in [6, 6.07) is 4.65. The van der Waals surface area contributed by atoms with Gasteiger partial charge in [-0.15, -0.1) is 11.3 Å². The van der Waals surface area contributed by atoms with Crippen molar-refractivity contribution in [1.29, 1.82) is 0 Å². The van der Waals surface area contributed by atoms with E-state index < -0.39 is 0 Å². The third-order valence-corrected chi connectivity index (χ3v) is 6.03. The fourth-order valence-corrected chi connectivity index (χ4v) is 4.04. The lowest BCUT2D eigenvalue weighted by Crippen LogP contribution is -2.12. The Morgan fingerprint density at radius 3 is 1.95 bits per heavy atom. The van der Waals surface area contributed by atoms with Crippen molar-refractivity contribution in [3.63, 3.8) is 0 Å². The van der Waals surface area contributed by atoms with Gasteiger partial charge in [0.1, 0.15) is 0 Å². The quantitative estimate of drug-likeness (QED) is 0.604. The molecule has 0 saturated heterocycles. The summed E-state index contributed by atoms with van der Waals surface area (Å²) in [4.78, 5) is 5.08. The van der Waals surface area contributed by atoms with E-state index in [0.29, 0.717) is 11.8 Å². The predicted molar refractivity (Wildman–Crippen MR) is 100 cm³/mol. The summed E-state index contributed by atoms with van der Waals surface area (Å²) < 4.78 is 1.39. The standard InChI is InChI=1S/C20H31NS/c1-12(2)13(3)14-10-11-15(19(4,5)6)17-16(14)21-18(22-17)20(7,8)9/h10-13H,1-9H3. The number of hydrogen-bond donors (Lipinski definition) is 0. The summed E-state index contributed by atoms with van der Waals surface area (Å²) in [7, 11) is 0. The molecule has 0 bridgehead atoms. The molecule has 0 N–H and O–H groups in total. The van der Waals surface area contributed by atoms with E-state index in [1.807, 2.05) is 11.3 Å². The molecule has 0 radical (unpaired) electrons. The Hall–Kier alpha value is -0.890. The van der Waals surface area contributed by atoms with Gasteiger partial charge in [0, 0.05) is 5.41 Å². The van der Waals surface area contributed by atoms with Crippen LogP contribution in [0.3, 0.4) is 0 Å². The van der Waals surface area contributed by atoms with Crippen LogP contribution in [0.5, 0.6) is 0 Å². The molecule has 0 fully saturated rings. The lowest BCUT2D eigenvalue weighted by atomic mass is 9.83. The van der Waals surface area contributed by atoms with Crippen molar-refractivity contribution in [3.8, 4) is 0 Å². The molecule has 1 nitrogen and oxygen atoms in total. The zero-order chi connectivity index (χ0) is 16.9. The van der Waals surface area contributed by atoms with E-state index >= 15 is 0 Å². The SMILES string of the molecule is CC(C)C(C)c1ccc(C(C)(C)C)c2sc(C(C)(C)C)nc12. The van der Waals surface area contributed by atoms with Crippen molar-refractivity contribution >= 4 is 21.6 Å². The van der Waals surface area contributed by atoms with E-state index in [4.69, 9.17) is 4.98 Å². The second kappa shape index (κ2) is 5.63. The maximum Gasteiger partial charge on any atom is 0.0992 e. The highest BCUT2D eigenvalue weighted by Crippen LogP contribution is 2.41. The second-order valence-electron chi connectivity index (χ2n) is 8.93. The highest BCUT2D eigenvalue weighted by Gasteiger charge is 2.26. The fraction of sp³-hybridized carbons (Fsp3) is 0.650. The van der Waals surface area contributed by atoms with E-state index in [1.54, 1.807) is 0 Å². The van der Waals surface area contributed by atoms with Gasteiger partial charge in [-0.25, -0.2) is 4.98 Å². The first kappa shape index (κ1) is 17.5. The number of thiazole rings is 1. The molecule has 1 heterocycles. The molecule has 22 heavy (non-hydrogen) atoms. The molecule has 1 unspecified atom stereocenters.